The molecule has 1 aromatic heterocycles. The summed E-state index contributed by atoms with van der Waals surface area (Å²) < 4.78 is 13.1. The summed E-state index contributed by atoms with van der Waals surface area (Å²) in [7, 11) is 1.63. The van der Waals surface area contributed by atoms with Gasteiger partial charge in [0.1, 0.15) is 0 Å². The second-order valence-electron chi connectivity index (χ2n) is 6.85. The minimum absolute atomic E-state index is 0.0581. The minimum atomic E-state index is -0.131. The molecule has 0 amide bonds. The fourth-order valence-electron chi connectivity index (χ4n) is 3.02. The third kappa shape index (κ3) is 3.40. The third-order valence-electron chi connectivity index (χ3n) is 4.12. The fourth-order valence-corrected chi connectivity index (χ4v) is 4.11. The van der Waals surface area contributed by atoms with Crippen LogP contribution >= 0.6 is 11.8 Å². The van der Waals surface area contributed by atoms with Crippen LogP contribution in [-0.4, -0.2) is 28.0 Å². The van der Waals surface area contributed by atoms with Crippen molar-refractivity contribution in [2.75, 3.05) is 7.11 Å². The highest BCUT2D eigenvalue weighted by molar-refractivity contribution is 8.14. The quantitative estimate of drug-likeness (QED) is 0.839. The lowest BCUT2D eigenvalue weighted by molar-refractivity contribution is 0.230. The maximum Gasteiger partial charge on any atom is 0.271 e. The van der Waals surface area contributed by atoms with Crippen molar-refractivity contribution in [3.63, 3.8) is 0 Å². The number of fused-ring (bicyclic) bond motifs is 1. The summed E-state index contributed by atoms with van der Waals surface area (Å²) in [5, 5.41) is 3.72. The van der Waals surface area contributed by atoms with E-state index in [2.05, 4.69) is 10.1 Å². The van der Waals surface area contributed by atoms with Crippen LogP contribution in [0.5, 0.6) is 11.5 Å². The summed E-state index contributed by atoms with van der Waals surface area (Å²) >= 11 is 1.58. The van der Waals surface area contributed by atoms with Crippen LogP contribution in [0.1, 0.15) is 57.0 Å². The third-order valence-corrected chi connectivity index (χ3v) is 5.30. The number of thioether (sulfide) groups is 1. The molecule has 0 bridgehead atoms. The van der Waals surface area contributed by atoms with Gasteiger partial charge in [-0.15, -0.1) is 0 Å². The predicted molar refractivity (Wildman–Crippen MR) is 106 cm³/mol. The summed E-state index contributed by atoms with van der Waals surface area (Å²) in [6, 6.07) is 5.97. The Kier molecular flexibility index (Phi) is 5.18. The highest BCUT2D eigenvalue weighted by Crippen LogP contribution is 2.45. The largest absolute Gasteiger partial charge is 0.493 e. The van der Waals surface area contributed by atoms with E-state index in [9.17, 15) is 4.79 Å². The highest BCUT2D eigenvalue weighted by Gasteiger charge is 2.31. The molecule has 1 aromatic carbocycles. The van der Waals surface area contributed by atoms with Crippen LogP contribution in [0, 0.1) is 0 Å². The van der Waals surface area contributed by atoms with E-state index < -0.39 is 0 Å². The Morgan fingerprint density at radius 3 is 2.58 bits per heavy atom. The Balaban J connectivity index is 2.09. The van der Waals surface area contributed by atoms with Gasteiger partial charge < -0.3 is 9.47 Å². The van der Waals surface area contributed by atoms with Crippen molar-refractivity contribution in [1.82, 2.24) is 9.78 Å². The number of aromatic nitrogens is 2. The van der Waals surface area contributed by atoms with Gasteiger partial charge in [0.2, 0.25) is 0 Å². The zero-order chi connectivity index (χ0) is 19.0. The van der Waals surface area contributed by atoms with Crippen molar-refractivity contribution < 1.29 is 9.47 Å². The average molecular weight is 375 g/mol. The van der Waals surface area contributed by atoms with Gasteiger partial charge in [-0.2, -0.15) is 0 Å². The Morgan fingerprint density at radius 1 is 1.23 bits per heavy atom. The molecule has 1 aliphatic heterocycles. The number of nitrogens with one attached hydrogen (secondary N) is 1. The van der Waals surface area contributed by atoms with E-state index in [0.717, 1.165) is 10.6 Å². The summed E-state index contributed by atoms with van der Waals surface area (Å²) in [6.07, 6.45) is 0.0581. The number of nitrogens with zero attached hydrogens (tertiary/aromatic N) is 2. The standard InChI is InChI=1S/C19H25N3O3S/c1-10(2)22-18-16(19(23)21-22)17(26-12(5)20-18)13-7-8-14(25-11(3)4)15(9-13)24-6/h7-11,17H,1-6H3,(H,21,23)/t17-/m1/s1. The topological polar surface area (TPSA) is 68.6 Å². The number of ether oxygens (including phenoxy) is 2. The number of hydrogen-bond acceptors (Lipinski definition) is 5. The first-order chi connectivity index (χ1) is 12.3. The molecule has 140 valence electrons. The predicted octanol–water partition coefficient (Wildman–Crippen LogP) is 4.44. The fraction of sp³-hybridized carbons (Fsp3) is 0.474. The molecule has 1 N–H and O–H groups in total. The normalized spacial score (nSPS) is 16.6. The number of methoxy groups -OCH3 is 1. The lowest BCUT2D eigenvalue weighted by Gasteiger charge is -2.22. The van der Waals surface area contributed by atoms with Crippen molar-refractivity contribution >= 4 is 22.6 Å². The van der Waals surface area contributed by atoms with E-state index in [1.54, 1.807) is 18.9 Å². The van der Waals surface area contributed by atoms with Gasteiger partial charge in [0, 0.05) is 6.04 Å². The van der Waals surface area contributed by atoms with Crippen LogP contribution in [0.2, 0.25) is 0 Å². The smallest absolute Gasteiger partial charge is 0.271 e. The van der Waals surface area contributed by atoms with E-state index in [-0.39, 0.29) is 23.0 Å². The van der Waals surface area contributed by atoms with E-state index in [1.807, 2.05) is 57.5 Å². The molecule has 6 nitrogen and oxygen atoms in total. The van der Waals surface area contributed by atoms with Crippen molar-refractivity contribution in [2.45, 2.75) is 52.0 Å². The zero-order valence-electron chi connectivity index (χ0n) is 16.0. The molecule has 0 aliphatic carbocycles. The van der Waals surface area contributed by atoms with E-state index in [4.69, 9.17) is 9.47 Å². The first-order valence-corrected chi connectivity index (χ1v) is 9.60. The summed E-state index contributed by atoms with van der Waals surface area (Å²) in [4.78, 5) is 17.2. The van der Waals surface area contributed by atoms with Crippen LogP contribution in [-0.2, 0) is 0 Å². The maximum atomic E-state index is 12.6. The van der Waals surface area contributed by atoms with Crippen molar-refractivity contribution in [3.05, 3.63) is 39.7 Å². The summed E-state index contributed by atoms with van der Waals surface area (Å²) in [6.45, 7) is 9.98. The van der Waals surface area contributed by atoms with Crippen LogP contribution in [0.15, 0.2) is 28.0 Å². The molecular weight excluding hydrogens is 350 g/mol. The summed E-state index contributed by atoms with van der Waals surface area (Å²) in [5.74, 6) is 2.08. The van der Waals surface area contributed by atoms with Gasteiger partial charge in [0.05, 0.1) is 29.1 Å². The van der Waals surface area contributed by atoms with E-state index in [1.165, 1.54) is 0 Å². The van der Waals surface area contributed by atoms with E-state index in [0.29, 0.717) is 22.9 Å². The van der Waals surface area contributed by atoms with Gasteiger partial charge >= 0.3 is 0 Å². The number of hydrogen-bond donors (Lipinski definition) is 1. The molecule has 2 aromatic rings. The van der Waals surface area contributed by atoms with Crippen LogP contribution in [0.25, 0.3) is 0 Å². The van der Waals surface area contributed by atoms with Gasteiger partial charge in [-0.25, -0.2) is 4.99 Å². The molecule has 26 heavy (non-hydrogen) atoms. The Labute approximate surface area is 157 Å². The Hall–Kier alpha value is -2.15. The van der Waals surface area contributed by atoms with E-state index >= 15 is 0 Å². The molecule has 0 spiro atoms. The van der Waals surface area contributed by atoms with Crippen molar-refractivity contribution in [1.29, 1.82) is 0 Å². The van der Waals surface area contributed by atoms with Crippen LogP contribution < -0.4 is 15.0 Å². The molecule has 3 rings (SSSR count). The average Bonchev–Trinajstić information content (AvgIpc) is 2.91. The second-order valence-corrected chi connectivity index (χ2v) is 8.15. The number of aliphatic imine (C=N–C) groups is 1. The Morgan fingerprint density at radius 2 is 1.96 bits per heavy atom. The molecule has 0 saturated carbocycles. The second kappa shape index (κ2) is 7.23. The molecule has 0 unspecified atom stereocenters. The monoisotopic (exact) mass is 375 g/mol. The first kappa shape index (κ1) is 18.6. The Bertz CT molecular complexity index is 896. The molecule has 1 aliphatic rings. The van der Waals surface area contributed by atoms with Gasteiger partial charge in [-0.1, -0.05) is 17.8 Å². The molecular formula is C19H25N3O3S. The summed E-state index contributed by atoms with van der Waals surface area (Å²) in [5.41, 5.74) is 1.59. The number of benzene rings is 1. The number of H-pyrrole nitrogens is 1. The van der Waals surface area contributed by atoms with Crippen LogP contribution in [0.4, 0.5) is 5.82 Å². The molecule has 7 heteroatoms. The lowest BCUT2D eigenvalue weighted by Crippen LogP contribution is -2.14. The molecule has 0 saturated heterocycles. The number of rotatable bonds is 5. The van der Waals surface area contributed by atoms with Gasteiger partial charge in [0.15, 0.2) is 17.3 Å². The van der Waals surface area contributed by atoms with Crippen LogP contribution in [0.3, 0.4) is 0 Å². The maximum absolute atomic E-state index is 12.6. The van der Waals surface area contributed by atoms with Gasteiger partial charge in [-0.3, -0.25) is 14.6 Å². The molecule has 0 radical (unpaired) electrons. The van der Waals surface area contributed by atoms with Gasteiger partial charge in [0.25, 0.3) is 5.56 Å². The zero-order valence-corrected chi connectivity index (χ0v) is 16.8. The first-order valence-electron chi connectivity index (χ1n) is 8.72. The highest BCUT2D eigenvalue weighted by atomic mass is 32.2. The molecule has 1 atom stereocenters. The molecule has 0 fully saturated rings. The van der Waals surface area contributed by atoms with Crippen molar-refractivity contribution in [3.8, 4) is 11.5 Å². The minimum Gasteiger partial charge on any atom is -0.493 e. The van der Waals surface area contributed by atoms with Crippen molar-refractivity contribution in [2.24, 2.45) is 4.99 Å². The number of aromatic amines is 1. The SMILES string of the molecule is COc1cc([C@H]2SC(C)=Nc3c2c(=O)[nH]n3C(C)C)ccc1OC(C)C. The van der Waals surface area contributed by atoms with Gasteiger partial charge in [-0.05, 0) is 52.3 Å². The lowest BCUT2D eigenvalue weighted by atomic mass is 10.1. The molecule has 2 heterocycles.